The van der Waals surface area contributed by atoms with Crippen LogP contribution < -0.4 is 5.32 Å². The largest absolute Gasteiger partial charge is 0.478 e. The van der Waals surface area contributed by atoms with Gasteiger partial charge in [-0.3, -0.25) is 0 Å². The van der Waals surface area contributed by atoms with Gasteiger partial charge in [-0.2, -0.15) is 0 Å². The van der Waals surface area contributed by atoms with Crippen LogP contribution in [0.15, 0.2) is 30.4 Å². The summed E-state index contributed by atoms with van der Waals surface area (Å²) in [5.41, 5.74) is 3.36. The molecule has 0 radical (unpaired) electrons. The molecule has 0 aliphatic heterocycles. The molecule has 0 aliphatic rings. The lowest BCUT2D eigenvalue weighted by atomic mass is 10.1. The molecule has 0 aliphatic carbocycles. The van der Waals surface area contributed by atoms with Crippen LogP contribution in [-0.2, 0) is 4.79 Å². The first-order valence-corrected chi connectivity index (χ1v) is 4.73. The van der Waals surface area contributed by atoms with Crippen LogP contribution in [0.2, 0.25) is 0 Å². The van der Waals surface area contributed by atoms with Crippen molar-refractivity contribution in [3.63, 3.8) is 0 Å². The number of hydrogen-bond donors (Lipinski definition) is 2. The fraction of sp³-hybridized carbons (Fsp3) is 0.250. The van der Waals surface area contributed by atoms with Crippen LogP contribution in [0, 0.1) is 13.8 Å². The van der Waals surface area contributed by atoms with Crippen molar-refractivity contribution in [3.05, 3.63) is 41.5 Å². The van der Waals surface area contributed by atoms with Crippen molar-refractivity contribution in [1.29, 1.82) is 0 Å². The molecule has 0 fully saturated rings. The number of aliphatic carboxylic acids is 1. The van der Waals surface area contributed by atoms with Gasteiger partial charge in [0, 0.05) is 17.8 Å². The number of carboxylic acid groups (broad SMARTS) is 1. The highest BCUT2D eigenvalue weighted by atomic mass is 16.4. The van der Waals surface area contributed by atoms with E-state index in [0.29, 0.717) is 0 Å². The third-order valence-corrected chi connectivity index (χ3v) is 2.19. The average molecular weight is 205 g/mol. The van der Waals surface area contributed by atoms with Gasteiger partial charge in [-0.1, -0.05) is 18.7 Å². The second-order valence-electron chi connectivity index (χ2n) is 3.58. The minimum atomic E-state index is -0.965. The first-order valence-electron chi connectivity index (χ1n) is 4.73. The van der Waals surface area contributed by atoms with Crippen LogP contribution in [-0.4, -0.2) is 17.6 Å². The lowest BCUT2D eigenvalue weighted by Crippen LogP contribution is -2.11. The second-order valence-corrected chi connectivity index (χ2v) is 3.58. The highest BCUT2D eigenvalue weighted by Gasteiger charge is 2.04. The van der Waals surface area contributed by atoms with Gasteiger partial charge < -0.3 is 10.4 Å². The van der Waals surface area contributed by atoms with E-state index in [1.54, 1.807) is 0 Å². The molecule has 0 amide bonds. The lowest BCUT2D eigenvalue weighted by Gasteiger charge is -2.10. The van der Waals surface area contributed by atoms with E-state index in [0.717, 1.165) is 16.8 Å². The smallest absolute Gasteiger partial charge is 0.332 e. The van der Waals surface area contributed by atoms with Crippen molar-refractivity contribution in [3.8, 4) is 0 Å². The summed E-state index contributed by atoms with van der Waals surface area (Å²) in [5, 5.41) is 11.7. The summed E-state index contributed by atoms with van der Waals surface area (Å²) in [4.78, 5) is 10.5. The van der Waals surface area contributed by atoms with Crippen molar-refractivity contribution in [2.24, 2.45) is 0 Å². The van der Waals surface area contributed by atoms with Gasteiger partial charge in [0.05, 0.1) is 0 Å². The van der Waals surface area contributed by atoms with Gasteiger partial charge in [0.15, 0.2) is 0 Å². The molecule has 3 nitrogen and oxygen atoms in total. The number of carbonyl (C=O) groups is 1. The molecule has 0 saturated carbocycles. The first kappa shape index (κ1) is 11.3. The maximum Gasteiger partial charge on any atom is 0.332 e. The Hall–Kier alpha value is -1.77. The highest BCUT2D eigenvalue weighted by Crippen LogP contribution is 2.16. The molecule has 15 heavy (non-hydrogen) atoms. The standard InChI is InChI=1S/C12H15NO2/c1-8-4-5-9(2)11(6-8)13-7-10(3)12(14)15/h4-6,13H,3,7H2,1-2H3,(H,14,15). The Labute approximate surface area is 89.4 Å². The lowest BCUT2D eigenvalue weighted by molar-refractivity contribution is -0.132. The van der Waals surface area contributed by atoms with Crippen molar-refractivity contribution in [1.82, 2.24) is 0 Å². The number of rotatable bonds is 4. The van der Waals surface area contributed by atoms with E-state index < -0.39 is 5.97 Å². The normalized spacial score (nSPS) is 9.73. The fourth-order valence-corrected chi connectivity index (χ4v) is 1.20. The van der Waals surface area contributed by atoms with Gasteiger partial charge in [-0.15, -0.1) is 0 Å². The maximum atomic E-state index is 10.5. The van der Waals surface area contributed by atoms with E-state index in [2.05, 4.69) is 11.9 Å². The van der Waals surface area contributed by atoms with Gasteiger partial charge in [0.25, 0.3) is 0 Å². The Morgan fingerprint density at radius 3 is 2.73 bits per heavy atom. The number of benzene rings is 1. The third-order valence-electron chi connectivity index (χ3n) is 2.19. The first-order chi connectivity index (χ1) is 7.00. The van der Waals surface area contributed by atoms with Crippen LogP contribution in [0.5, 0.6) is 0 Å². The van der Waals surface area contributed by atoms with E-state index in [9.17, 15) is 4.79 Å². The Morgan fingerprint density at radius 2 is 2.13 bits per heavy atom. The molecule has 0 bridgehead atoms. The van der Waals surface area contributed by atoms with Gasteiger partial charge >= 0.3 is 5.97 Å². The van der Waals surface area contributed by atoms with Gasteiger partial charge in [-0.25, -0.2) is 4.79 Å². The van der Waals surface area contributed by atoms with Gasteiger partial charge in [0.1, 0.15) is 0 Å². The van der Waals surface area contributed by atoms with Crippen LogP contribution in [0.25, 0.3) is 0 Å². The monoisotopic (exact) mass is 205 g/mol. The van der Waals surface area contributed by atoms with E-state index in [-0.39, 0.29) is 12.1 Å². The minimum absolute atomic E-state index is 0.163. The summed E-state index contributed by atoms with van der Waals surface area (Å²) in [6.07, 6.45) is 0. The third kappa shape index (κ3) is 3.13. The molecule has 0 spiro atoms. The molecule has 1 aromatic rings. The number of anilines is 1. The predicted octanol–water partition coefficient (Wildman–Crippen LogP) is 2.36. The predicted molar refractivity (Wildman–Crippen MR) is 61.2 cm³/mol. The molecule has 2 N–H and O–H groups in total. The zero-order chi connectivity index (χ0) is 11.4. The Kier molecular flexibility index (Phi) is 3.50. The molecule has 80 valence electrons. The van der Waals surface area contributed by atoms with E-state index in [1.807, 2.05) is 32.0 Å². The summed E-state index contributed by atoms with van der Waals surface area (Å²) < 4.78 is 0. The van der Waals surface area contributed by atoms with Gasteiger partial charge in [-0.05, 0) is 31.0 Å². The molecule has 1 rings (SSSR count). The molecule has 0 saturated heterocycles. The van der Waals surface area contributed by atoms with Crippen LogP contribution in [0.4, 0.5) is 5.69 Å². The fourth-order valence-electron chi connectivity index (χ4n) is 1.20. The SMILES string of the molecule is C=C(CNc1cc(C)ccc1C)C(=O)O. The van der Waals surface area contributed by atoms with Crippen molar-refractivity contribution in [2.45, 2.75) is 13.8 Å². The second kappa shape index (κ2) is 4.64. The summed E-state index contributed by atoms with van der Waals surface area (Å²) in [6, 6.07) is 6.01. The van der Waals surface area contributed by atoms with E-state index in [4.69, 9.17) is 5.11 Å². The van der Waals surface area contributed by atoms with E-state index >= 15 is 0 Å². The number of hydrogen-bond acceptors (Lipinski definition) is 2. The Morgan fingerprint density at radius 1 is 1.47 bits per heavy atom. The van der Waals surface area contributed by atoms with E-state index in [1.165, 1.54) is 0 Å². The van der Waals surface area contributed by atoms with Crippen LogP contribution in [0.1, 0.15) is 11.1 Å². The molecular formula is C12H15NO2. The number of aryl methyl sites for hydroxylation is 2. The Balaban J connectivity index is 2.69. The minimum Gasteiger partial charge on any atom is -0.478 e. The molecule has 1 aromatic carbocycles. The number of carboxylic acids is 1. The molecule has 0 unspecified atom stereocenters. The summed E-state index contributed by atoms with van der Waals surface area (Å²) in [7, 11) is 0. The summed E-state index contributed by atoms with van der Waals surface area (Å²) >= 11 is 0. The maximum absolute atomic E-state index is 10.5. The topological polar surface area (TPSA) is 49.3 Å². The number of nitrogens with one attached hydrogen (secondary N) is 1. The molecule has 0 heterocycles. The zero-order valence-electron chi connectivity index (χ0n) is 9.00. The molecular weight excluding hydrogens is 190 g/mol. The summed E-state index contributed by atoms with van der Waals surface area (Å²) in [5.74, 6) is -0.965. The molecule has 0 atom stereocenters. The van der Waals surface area contributed by atoms with Crippen LogP contribution in [0.3, 0.4) is 0 Å². The van der Waals surface area contributed by atoms with Gasteiger partial charge in [0.2, 0.25) is 0 Å². The highest BCUT2D eigenvalue weighted by molar-refractivity contribution is 5.86. The average Bonchev–Trinajstić information content (AvgIpc) is 2.18. The van der Waals surface area contributed by atoms with Crippen molar-refractivity contribution in [2.75, 3.05) is 11.9 Å². The van der Waals surface area contributed by atoms with Crippen molar-refractivity contribution < 1.29 is 9.90 Å². The zero-order valence-corrected chi connectivity index (χ0v) is 9.00. The van der Waals surface area contributed by atoms with Crippen LogP contribution >= 0.6 is 0 Å². The quantitative estimate of drug-likeness (QED) is 0.742. The molecule has 0 aromatic heterocycles. The van der Waals surface area contributed by atoms with Crippen molar-refractivity contribution >= 4 is 11.7 Å². The summed E-state index contributed by atoms with van der Waals surface area (Å²) in [6.45, 7) is 7.70. The molecule has 3 heteroatoms. The Bertz CT molecular complexity index is 397.